The Morgan fingerprint density at radius 2 is 1.85 bits per heavy atom. The highest BCUT2D eigenvalue weighted by atomic mass is 35.5. The summed E-state index contributed by atoms with van der Waals surface area (Å²) in [5.41, 5.74) is 3.02. The van der Waals surface area contributed by atoms with Gasteiger partial charge in [-0.25, -0.2) is 4.98 Å². The number of benzene rings is 2. The van der Waals surface area contributed by atoms with Gasteiger partial charge in [0.25, 0.3) is 0 Å². The average molecular weight is 623 g/mol. The molecule has 4 heterocycles. The maximum Gasteiger partial charge on any atom is 0.340 e. The summed E-state index contributed by atoms with van der Waals surface area (Å²) in [5.74, 6) is -2.30. The van der Waals surface area contributed by atoms with Gasteiger partial charge in [0.05, 0.1) is 0 Å². The molecule has 6 rings (SSSR count). The number of rotatable bonds is 8. The zero-order valence-electron chi connectivity index (χ0n) is 20.6. The molecule has 2 aromatic carbocycles. The summed E-state index contributed by atoms with van der Waals surface area (Å²) in [6.45, 7) is -0.849. The molecule has 0 radical (unpaired) electrons. The van der Waals surface area contributed by atoms with E-state index in [-0.39, 0.29) is 22.3 Å². The van der Waals surface area contributed by atoms with Crippen LogP contribution in [-0.4, -0.2) is 68.0 Å². The van der Waals surface area contributed by atoms with E-state index in [0.717, 1.165) is 21.8 Å². The van der Waals surface area contributed by atoms with Crippen LogP contribution in [-0.2, 0) is 18.4 Å². The van der Waals surface area contributed by atoms with Gasteiger partial charge in [-0.05, 0) is 35.9 Å². The Labute approximate surface area is 234 Å². The number of aliphatic hydroxyl groups excluding tert-OH is 2. The minimum Gasteiger partial charge on any atom is -0.506 e. The van der Waals surface area contributed by atoms with Gasteiger partial charge in [0, 0.05) is 27.5 Å². The number of ether oxygens (including phenoxy) is 1. The molecule has 214 valence electrons. The van der Waals surface area contributed by atoms with Crippen LogP contribution in [0.15, 0.2) is 60.3 Å². The summed E-state index contributed by atoms with van der Waals surface area (Å²) in [6.07, 6.45) is -1.72. The van der Waals surface area contributed by atoms with Crippen molar-refractivity contribution in [2.75, 3.05) is 17.8 Å². The molecule has 5 aromatic rings. The number of hydrogen-bond acceptors (Lipinski definition) is 10. The predicted octanol–water partition coefficient (Wildman–Crippen LogP) is 3.85. The first-order chi connectivity index (χ1) is 19.4. The fraction of sp³-hybridized carbons (Fsp3) is 0.174. The molecule has 0 saturated carbocycles. The zero-order valence-corrected chi connectivity index (χ0v) is 23.2. The van der Waals surface area contributed by atoms with Gasteiger partial charge in [0.15, 0.2) is 40.5 Å². The number of nitrogens with zero attached hydrogens (tertiary/aromatic N) is 4. The van der Waals surface area contributed by atoms with E-state index >= 15 is 0 Å². The Morgan fingerprint density at radius 1 is 1.10 bits per heavy atom. The average Bonchev–Trinajstić information content (AvgIpc) is 3.55. The summed E-state index contributed by atoms with van der Waals surface area (Å²) < 4.78 is 34.6. The molecular formula is C23H21ClN6O9P2. The monoisotopic (exact) mass is 622 g/mol. The van der Waals surface area contributed by atoms with Crippen molar-refractivity contribution in [2.45, 2.75) is 12.3 Å². The third-order valence-electron chi connectivity index (χ3n) is 6.30. The van der Waals surface area contributed by atoms with E-state index in [4.69, 9.17) is 30.6 Å². The number of aliphatic hydroxyl groups is 2. The number of anilines is 2. The molecule has 0 aliphatic carbocycles. The Morgan fingerprint density at radius 3 is 2.63 bits per heavy atom. The number of H-pyrrole nitrogens is 1. The molecule has 1 aliphatic rings. The van der Waals surface area contributed by atoms with Gasteiger partial charge in [0.2, 0.25) is 11.5 Å². The van der Waals surface area contributed by atoms with Crippen LogP contribution >= 0.6 is 26.8 Å². The van der Waals surface area contributed by atoms with Crippen LogP contribution in [0.3, 0.4) is 0 Å². The largest absolute Gasteiger partial charge is 0.506 e. The van der Waals surface area contributed by atoms with Crippen LogP contribution in [0.25, 0.3) is 33.0 Å². The summed E-state index contributed by atoms with van der Waals surface area (Å²) >= 11 is 6.21. The van der Waals surface area contributed by atoms with E-state index in [1.54, 1.807) is 0 Å². The molecule has 1 aliphatic heterocycles. The SMILES string of the molecule is O=P(O)(O)CP(=O)(O)OCC1=C(O)C(O)[C@H](n2cnc3c(Nc4ccc5[nH]c6ccccc6c5c4)nc(Cl)nc32)O1. The molecule has 0 bridgehead atoms. The second-order valence-electron chi connectivity index (χ2n) is 9.20. The third-order valence-corrected chi connectivity index (χ3v) is 9.90. The van der Waals surface area contributed by atoms with Crippen molar-refractivity contribution in [3.05, 3.63) is 65.6 Å². The highest BCUT2D eigenvalue weighted by Crippen LogP contribution is 2.55. The first kappa shape index (κ1) is 27.6. The normalized spacial score (nSPS) is 19.2. The van der Waals surface area contributed by atoms with E-state index < -0.39 is 51.6 Å². The molecule has 0 saturated heterocycles. The summed E-state index contributed by atoms with van der Waals surface area (Å²) in [5, 5.41) is 26.1. The van der Waals surface area contributed by atoms with Gasteiger partial charge in [0.1, 0.15) is 12.9 Å². The molecule has 18 heteroatoms. The zero-order chi connectivity index (χ0) is 29.1. The molecular weight excluding hydrogens is 602 g/mol. The Bertz CT molecular complexity index is 1950. The van der Waals surface area contributed by atoms with Crippen LogP contribution in [0.5, 0.6) is 0 Å². The number of aromatic amines is 1. The quantitative estimate of drug-likeness (QED) is 0.0965. The van der Waals surface area contributed by atoms with Gasteiger partial charge in [-0.1, -0.05) is 18.2 Å². The fourth-order valence-electron chi connectivity index (χ4n) is 4.55. The number of hydrogen-bond donors (Lipinski definition) is 7. The number of imidazole rings is 1. The Kier molecular flexibility index (Phi) is 6.80. The molecule has 7 N–H and O–H groups in total. The lowest BCUT2D eigenvalue weighted by atomic mass is 10.1. The lowest BCUT2D eigenvalue weighted by Crippen LogP contribution is -2.22. The number of aromatic nitrogens is 5. The van der Waals surface area contributed by atoms with Crippen LogP contribution in [0.1, 0.15) is 6.23 Å². The van der Waals surface area contributed by atoms with Crippen molar-refractivity contribution in [1.29, 1.82) is 0 Å². The molecule has 0 spiro atoms. The molecule has 3 aromatic heterocycles. The van der Waals surface area contributed by atoms with Gasteiger partial charge in [-0.15, -0.1) is 0 Å². The van der Waals surface area contributed by atoms with E-state index in [1.165, 1.54) is 10.9 Å². The molecule has 41 heavy (non-hydrogen) atoms. The van der Waals surface area contributed by atoms with Gasteiger partial charge in [-0.2, -0.15) is 9.97 Å². The Balaban J connectivity index is 1.27. The van der Waals surface area contributed by atoms with E-state index in [0.29, 0.717) is 5.69 Å². The van der Waals surface area contributed by atoms with E-state index in [9.17, 15) is 24.2 Å². The first-order valence-electron chi connectivity index (χ1n) is 11.8. The summed E-state index contributed by atoms with van der Waals surface area (Å²) in [6, 6.07) is 13.6. The van der Waals surface area contributed by atoms with E-state index in [2.05, 4.69) is 25.3 Å². The standard InChI is InChI=1S/C23H21ClN6O9P2/c24-23-28-20(26-11-5-6-15-13(7-11)12-3-1-2-4-14(12)27-15)17-21(29-23)30(9-25-17)22-19(32)18(31)16(39-22)8-38-41(36,37)10-40(33,34)35/h1-7,9,19,22,27,31-32H,8,10H2,(H,36,37)(H,26,28,29)(H2,33,34,35)/t19?,22-/m1/s1. The minimum atomic E-state index is -4.86. The summed E-state index contributed by atoms with van der Waals surface area (Å²) in [4.78, 5) is 43.7. The lowest BCUT2D eigenvalue weighted by Gasteiger charge is -2.18. The smallest absolute Gasteiger partial charge is 0.340 e. The first-order valence-corrected chi connectivity index (χ1v) is 15.8. The fourth-order valence-corrected chi connectivity index (χ4v) is 7.22. The lowest BCUT2D eigenvalue weighted by molar-refractivity contribution is -0.0112. The molecule has 0 fully saturated rings. The highest BCUT2D eigenvalue weighted by Gasteiger charge is 2.40. The van der Waals surface area contributed by atoms with Crippen molar-refractivity contribution in [1.82, 2.24) is 24.5 Å². The van der Waals surface area contributed by atoms with Crippen LogP contribution in [0.2, 0.25) is 5.28 Å². The molecule has 15 nitrogen and oxygen atoms in total. The minimum absolute atomic E-state index is 0.133. The van der Waals surface area contributed by atoms with Gasteiger partial charge in [-0.3, -0.25) is 18.2 Å². The van der Waals surface area contributed by atoms with Crippen molar-refractivity contribution < 1.29 is 43.3 Å². The number of para-hydroxylation sites is 1. The second-order valence-corrected chi connectivity index (χ2v) is 13.5. The topological polar surface area (TPSA) is 225 Å². The summed E-state index contributed by atoms with van der Waals surface area (Å²) in [7, 11) is -9.60. The van der Waals surface area contributed by atoms with Gasteiger partial charge >= 0.3 is 15.2 Å². The maximum atomic E-state index is 12.0. The molecule has 3 atom stereocenters. The number of fused-ring (bicyclic) bond motifs is 4. The third kappa shape index (κ3) is 5.42. The molecule has 2 unspecified atom stereocenters. The van der Waals surface area contributed by atoms with Crippen LogP contribution < -0.4 is 5.32 Å². The highest BCUT2D eigenvalue weighted by molar-refractivity contribution is 7.70. The number of halogens is 1. The van der Waals surface area contributed by atoms with Crippen molar-refractivity contribution in [3.8, 4) is 0 Å². The Hall–Kier alpha value is -3.52. The molecule has 0 amide bonds. The van der Waals surface area contributed by atoms with Crippen molar-refractivity contribution in [2.24, 2.45) is 0 Å². The number of nitrogens with one attached hydrogen (secondary N) is 2. The van der Waals surface area contributed by atoms with Crippen LogP contribution in [0.4, 0.5) is 11.5 Å². The predicted molar refractivity (Wildman–Crippen MR) is 148 cm³/mol. The van der Waals surface area contributed by atoms with E-state index in [1.807, 2.05) is 42.5 Å². The second kappa shape index (κ2) is 10.1. The van der Waals surface area contributed by atoms with Crippen molar-refractivity contribution in [3.63, 3.8) is 0 Å². The van der Waals surface area contributed by atoms with Gasteiger partial charge < -0.3 is 39.9 Å². The van der Waals surface area contributed by atoms with Crippen LogP contribution in [0, 0.1) is 0 Å². The van der Waals surface area contributed by atoms with Crippen molar-refractivity contribution >= 4 is 71.3 Å². The maximum absolute atomic E-state index is 12.0.